The Labute approximate surface area is 99.1 Å². The summed E-state index contributed by atoms with van der Waals surface area (Å²) in [5.74, 6) is 0. The molecule has 0 fully saturated rings. The van der Waals surface area contributed by atoms with Crippen LogP contribution in [0.4, 0.5) is 0 Å². The lowest BCUT2D eigenvalue weighted by Gasteiger charge is -2.22. The van der Waals surface area contributed by atoms with Gasteiger partial charge in [-0.15, -0.1) is 0 Å². The Morgan fingerprint density at radius 1 is 1.50 bits per heavy atom. The zero-order chi connectivity index (χ0) is 8.72. The topological polar surface area (TPSA) is 21.1 Å². The van der Waals surface area contributed by atoms with Crippen molar-refractivity contribution in [3.05, 3.63) is 15.0 Å². The van der Waals surface area contributed by atoms with Gasteiger partial charge in [0.05, 0.1) is 28.6 Å². The van der Waals surface area contributed by atoms with E-state index in [0.29, 0.717) is 0 Å². The van der Waals surface area contributed by atoms with E-state index in [2.05, 4.69) is 62.5 Å². The second-order valence-electron chi connectivity index (χ2n) is 3.06. The zero-order valence-corrected chi connectivity index (χ0v) is 11.0. The molecule has 3 nitrogen and oxygen atoms in total. The standard InChI is InChI=1S/C7H9I2N3/c1-11-3-2-6-5(4-11)7(8)10-12(6)9/h2-4H2,1H3. The highest BCUT2D eigenvalue weighted by atomic mass is 127. The van der Waals surface area contributed by atoms with E-state index in [1.165, 1.54) is 11.3 Å². The molecule has 1 aromatic rings. The Balaban J connectivity index is 2.45. The molecule has 1 aliphatic heterocycles. The van der Waals surface area contributed by atoms with Gasteiger partial charge in [0.25, 0.3) is 0 Å². The van der Waals surface area contributed by atoms with Crippen LogP contribution in [0.1, 0.15) is 11.3 Å². The highest BCUT2D eigenvalue weighted by molar-refractivity contribution is 14.1. The Morgan fingerprint density at radius 2 is 2.25 bits per heavy atom. The first-order chi connectivity index (χ1) is 5.68. The van der Waals surface area contributed by atoms with E-state index in [9.17, 15) is 0 Å². The molecule has 2 heterocycles. The fourth-order valence-electron chi connectivity index (χ4n) is 1.47. The van der Waals surface area contributed by atoms with Crippen molar-refractivity contribution in [2.75, 3.05) is 13.6 Å². The van der Waals surface area contributed by atoms with Gasteiger partial charge >= 0.3 is 0 Å². The number of fused-ring (bicyclic) bond motifs is 1. The van der Waals surface area contributed by atoms with E-state index in [-0.39, 0.29) is 0 Å². The summed E-state index contributed by atoms with van der Waals surface area (Å²) in [6.07, 6.45) is 1.13. The van der Waals surface area contributed by atoms with Crippen LogP contribution in [0.25, 0.3) is 0 Å². The molecule has 12 heavy (non-hydrogen) atoms. The summed E-state index contributed by atoms with van der Waals surface area (Å²) in [7, 11) is 2.16. The largest absolute Gasteiger partial charge is 0.302 e. The number of aromatic nitrogens is 2. The zero-order valence-electron chi connectivity index (χ0n) is 6.72. The van der Waals surface area contributed by atoms with Crippen LogP contribution in [0.2, 0.25) is 0 Å². The minimum Gasteiger partial charge on any atom is -0.302 e. The number of nitrogens with zero attached hydrogens (tertiary/aromatic N) is 3. The summed E-state index contributed by atoms with van der Waals surface area (Å²) in [4.78, 5) is 2.34. The van der Waals surface area contributed by atoms with Crippen LogP contribution in [0, 0.1) is 3.70 Å². The third kappa shape index (κ3) is 1.50. The first-order valence-corrected chi connectivity index (χ1v) is 5.84. The van der Waals surface area contributed by atoms with Crippen molar-refractivity contribution >= 4 is 45.5 Å². The lowest BCUT2D eigenvalue weighted by atomic mass is 10.1. The summed E-state index contributed by atoms with van der Waals surface area (Å²) in [6.45, 7) is 2.20. The highest BCUT2D eigenvalue weighted by Gasteiger charge is 2.20. The van der Waals surface area contributed by atoms with Crippen LogP contribution in [0.15, 0.2) is 0 Å². The van der Waals surface area contributed by atoms with E-state index >= 15 is 0 Å². The van der Waals surface area contributed by atoms with Crippen molar-refractivity contribution in [2.24, 2.45) is 0 Å². The van der Waals surface area contributed by atoms with Crippen LogP contribution in [-0.2, 0) is 13.0 Å². The quantitative estimate of drug-likeness (QED) is 0.630. The molecule has 0 atom stereocenters. The van der Waals surface area contributed by atoms with Crippen LogP contribution < -0.4 is 0 Å². The maximum atomic E-state index is 4.39. The average Bonchev–Trinajstić information content (AvgIpc) is 2.28. The van der Waals surface area contributed by atoms with Gasteiger partial charge in [0, 0.05) is 25.1 Å². The molecule has 0 amide bonds. The van der Waals surface area contributed by atoms with Gasteiger partial charge in [-0.3, -0.25) is 0 Å². The van der Waals surface area contributed by atoms with Crippen molar-refractivity contribution in [2.45, 2.75) is 13.0 Å². The van der Waals surface area contributed by atoms with Crippen molar-refractivity contribution in [1.29, 1.82) is 0 Å². The SMILES string of the molecule is CN1CCc2c(c(I)nn2I)C1. The van der Waals surface area contributed by atoms with E-state index < -0.39 is 0 Å². The number of rotatable bonds is 0. The molecule has 0 N–H and O–H groups in total. The van der Waals surface area contributed by atoms with Gasteiger partial charge in [0.1, 0.15) is 3.70 Å². The number of hydrogen-bond donors (Lipinski definition) is 0. The average molecular weight is 389 g/mol. The second kappa shape index (κ2) is 3.41. The lowest BCUT2D eigenvalue weighted by Crippen LogP contribution is -2.26. The molecule has 0 unspecified atom stereocenters. The summed E-state index contributed by atoms with van der Waals surface area (Å²) in [6, 6.07) is 0. The van der Waals surface area contributed by atoms with E-state index in [0.717, 1.165) is 23.2 Å². The minimum absolute atomic E-state index is 1.05. The maximum absolute atomic E-state index is 4.39. The molecule has 0 radical (unpaired) electrons. The molecular formula is C7H9I2N3. The first kappa shape index (κ1) is 9.20. The van der Waals surface area contributed by atoms with Crippen molar-refractivity contribution in [3.63, 3.8) is 0 Å². The summed E-state index contributed by atoms with van der Waals surface area (Å²) in [5.41, 5.74) is 2.82. The molecule has 0 saturated carbocycles. The smallest absolute Gasteiger partial charge is 0.129 e. The van der Waals surface area contributed by atoms with Crippen molar-refractivity contribution < 1.29 is 0 Å². The molecule has 0 bridgehead atoms. The van der Waals surface area contributed by atoms with Gasteiger partial charge in [0.15, 0.2) is 0 Å². The summed E-state index contributed by atoms with van der Waals surface area (Å²) < 4.78 is 3.14. The molecular weight excluding hydrogens is 380 g/mol. The van der Waals surface area contributed by atoms with E-state index in [4.69, 9.17) is 0 Å². The molecule has 66 valence electrons. The molecule has 0 saturated heterocycles. The van der Waals surface area contributed by atoms with E-state index in [1.54, 1.807) is 0 Å². The Kier molecular flexibility index (Phi) is 2.61. The third-order valence-corrected chi connectivity index (χ3v) is 3.82. The van der Waals surface area contributed by atoms with Gasteiger partial charge in [-0.25, -0.2) is 2.90 Å². The second-order valence-corrected chi connectivity index (χ2v) is 5.00. The fraction of sp³-hybridized carbons (Fsp3) is 0.571. The summed E-state index contributed by atoms with van der Waals surface area (Å²) in [5, 5.41) is 4.39. The van der Waals surface area contributed by atoms with Gasteiger partial charge in [-0.05, 0) is 29.6 Å². The van der Waals surface area contributed by atoms with Gasteiger partial charge in [-0.2, -0.15) is 5.10 Å². The third-order valence-electron chi connectivity index (χ3n) is 2.15. The van der Waals surface area contributed by atoms with Crippen molar-refractivity contribution in [1.82, 2.24) is 12.9 Å². The molecule has 0 aliphatic carbocycles. The Hall–Kier alpha value is 0.630. The molecule has 1 aliphatic rings. The Morgan fingerprint density at radius 3 is 3.00 bits per heavy atom. The minimum atomic E-state index is 1.05. The normalized spacial score (nSPS) is 17.9. The molecule has 5 heteroatoms. The number of hydrogen-bond acceptors (Lipinski definition) is 2. The van der Waals surface area contributed by atoms with Crippen LogP contribution in [0.5, 0.6) is 0 Å². The Bertz CT molecular complexity index is 308. The molecule has 0 aromatic carbocycles. The fourth-order valence-corrected chi connectivity index (χ4v) is 3.33. The lowest BCUT2D eigenvalue weighted by molar-refractivity contribution is 0.311. The number of likely N-dealkylation sites (N-methyl/N-ethyl adjacent to an activating group) is 1. The monoisotopic (exact) mass is 389 g/mol. The van der Waals surface area contributed by atoms with E-state index in [1.807, 2.05) is 2.90 Å². The molecule has 1 aromatic heterocycles. The summed E-state index contributed by atoms with van der Waals surface area (Å²) >= 11 is 4.56. The molecule has 0 spiro atoms. The van der Waals surface area contributed by atoms with Crippen LogP contribution in [0.3, 0.4) is 0 Å². The predicted molar refractivity (Wildman–Crippen MR) is 64.4 cm³/mol. The van der Waals surface area contributed by atoms with Crippen molar-refractivity contribution in [3.8, 4) is 0 Å². The molecule has 2 rings (SSSR count). The first-order valence-electron chi connectivity index (χ1n) is 3.79. The predicted octanol–water partition coefficient (Wildman–Crippen LogP) is 1.67. The van der Waals surface area contributed by atoms with Crippen LogP contribution >= 0.6 is 45.5 Å². The highest BCUT2D eigenvalue weighted by Crippen LogP contribution is 2.23. The van der Waals surface area contributed by atoms with Gasteiger partial charge in [-0.1, -0.05) is 0 Å². The van der Waals surface area contributed by atoms with Crippen LogP contribution in [-0.4, -0.2) is 26.5 Å². The number of halogens is 2. The van der Waals surface area contributed by atoms with Gasteiger partial charge in [0.2, 0.25) is 0 Å². The van der Waals surface area contributed by atoms with Gasteiger partial charge < -0.3 is 4.90 Å². The maximum Gasteiger partial charge on any atom is 0.129 e.